The second-order valence-corrected chi connectivity index (χ2v) is 5.22. The van der Waals surface area contributed by atoms with Gasteiger partial charge in [0.2, 0.25) is 5.91 Å². The summed E-state index contributed by atoms with van der Waals surface area (Å²) in [6, 6.07) is 5.64. The molecule has 2 rings (SSSR count). The first-order chi connectivity index (χ1) is 9.11. The number of nitrogens with zero attached hydrogens (tertiary/aromatic N) is 1. The Bertz CT molecular complexity index is 459. The molecule has 1 aromatic carbocycles. The van der Waals surface area contributed by atoms with Gasteiger partial charge in [0.15, 0.2) is 0 Å². The van der Waals surface area contributed by atoms with E-state index in [9.17, 15) is 4.79 Å². The van der Waals surface area contributed by atoms with Gasteiger partial charge in [0, 0.05) is 30.2 Å². The van der Waals surface area contributed by atoms with E-state index in [1.165, 1.54) is 0 Å². The fourth-order valence-corrected chi connectivity index (χ4v) is 2.54. The van der Waals surface area contributed by atoms with E-state index in [1.54, 1.807) is 25.3 Å². The molecule has 1 amide bonds. The molecule has 19 heavy (non-hydrogen) atoms. The predicted octanol–water partition coefficient (Wildman–Crippen LogP) is 1.71. The molecule has 1 saturated heterocycles. The first-order valence-electron chi connectivity index (χ1n) is 6.40. The lowest BCUT2D eigenvalue weighted by Crippen LogP contribution is -2.39. The standard InChI is InChI=1S/C14H19ClN2O2/c1-17(12-5-6-16-9-12)14(18)8-10-7-11(15)3-4-13(10)19-2/h3-4,7,12,16H,5-6,8-9H2,1-2H3/t12-/m1/s1. The lowest BCUT2D eigenvalue weighted by Gasteiger charge is -2.24. The summed E-state index contributed by atoms with van der Waals surface area (Å²) in [6.07, 6.45) is 1.33. The van der Waals surface area contributed by atoms with Gasteiger partial charge in [-0.1, -0.05) is 11.6 Å². The number of nitrogens with one attached hydrogen (secondary N) is 1. The number of hydrogen-bond donors (Lipinski definition) is 1. The third kappa shape index (κ3) is 3.39. The topological polar surface area (TPSA) is 41.6 Å². The zero-order valence-electron chi connectivity index (χ0n) is 11.3. The highest BCUT2D eigenvalue weighted by Crippen LogP contribution is 2.23. The van der Waals surface area contributed by atoms with Crippen LogP contribution in [0.15, 0.2) is 18.2 Å². The second-order valence-electron chi connectivity index (χ2n) is 4.78. The lowest BCUT2D eigenvalue weighted by atomic mass is 10.1. The first-order valence-corrected chi connectivity index (χ1v) is 6.78. The average molecular weight is 283 g/mol. The van der Waals surface area contributed by atoms with Crippen molar-refractivity contribution in [2.45, 2.75) is 18.9 Å². The Morgan fingerprint density at radius 2 is 2.37 bits per heavy atom. The minimum atomic E-state index is 0.0919. The highest BCUT2D eigenvalue weighted by molar-refractivity contribution is 6.30. The summed E-state index contributed by atoms with van der Waals surface area (Å²) in [4.78, 5) is 14.1. The molecule has 4 nitrogen and oxygen atoms in total. The van der Waals surface area contributed by atoms with Crippen molar-refractivity contribution in [2.75, 3.05) is 27.2 Å². The van der Waals surface area contributed by atoms with Crippen LogP contribution in [0.2, 0.25) is 5.02 Å². The van der Waals surface area contributed by atoms with Crippen LogP contribution in [0, 0.1) is 0 Å². The van der Waals surface area contributed by atoms with Crippen molar-refractivity contribution in [1.29, 1.82) is 0 Å². The van der Waals surface area contributed by atoms with E-state index in [1.807, 2.05) is 11.9 Å². The molecule has 0 spiro atoms. The van der Waals surface area contributed by atoms with Gasteiger partial charge in [-0.3, -0.25) is 4.79 Å². The number of methoxy groups -OCH3 is 1. The largest absolute Gasteiger partial charge is 0.496 e. The van der Waals surface area contributed by atoms with Crippen LogP contribution >= 0.6 is 11.6 Å². The van der Waals surface area contributed by atoms with Crippen LogP contribution in [-0.2, 0) is 11.2 Å². The Labute approximate surface area is 118 Å². The zero-order valence-corrected chi connectivity index (χ0v) is 12.0. The maximum atomic E-state index is 12.3. The van der Waals surface area contributed by atoms with Gasteiger partial charge in [0.05, 0.1) is 13.5 Å². The monoisotopic (exact) mass is 282 g/mol. The fraction of sp³-hybridized carbons (Fsp3) is 0.500. The van der Waals surface area contributed by atoms with Crippen LogP contribution in [0.3, 0.4) is 0 Å². The Morgan fingerprint density at radius 1 is 1.58 bits per heavy atom. The number of halogens is 1. The molecule has 1 aromatic rings. The summed E-state index contributed by atoms with van der Waals surface area (Å²) in [5, 5.41) is 3.88. The molecule has 0 bridgehead atoms. The van der Waals surface area contributed by atoms with Crippen LogP contribution < -0.4 is 10.1 Å². The molecule has 1 fully saturated rings. The number of ether oxygens (including phenoxy) is 1. The van der Waals surface area contributed by atoms with Gasteiger partial charge in [-0.25, -0.2) is 0 Å². The molecule has 1 aliphatic heterocycles. The molecular formula is C14H19ClN2O2. The van der Waals surface area contributed by atoms with E-state index in [-0.39, 0.29) is 11.9 Å². The van der Waals surface area contributed by atoms with Crippen LogP contribution in [0.1, 0.15) is 12.0 Å². The second kappa shape index (κ2) is 6.26. The molecule has 0 radical (unpaired) electrons. The molecule has 104 valence electrons. The number of benzene rings is 1. The molecule has 0 aliphatic carbocycles. The minimum absolute atomic E-state index is 0.0919. The first kappa shape index (κ1) is 14.2. The summed E-state index contributed by atoms with van der Waals surface area (Å²) in [7, 11) is 3.46. The van der Waals surface area contributed by atoms with Crippen molar-refractivity contribution in [1.82, 2.24) is 10.2 Å². The summed E-state index contributed by atoms with van der Waals surface area (Å²) in [5.41, 5.74) is 0.831. The summed E-state index contributed by atoms with van der Waals surface area (Å²) in [6.45, 7) is 1.84. The van der Waals surface area contributed by atoms with Gasteiger partial charge < -0.3 is 15.0 Å². The molecule has 1 aliphatic rings. The maximum absolute atomic E-state index is 12.3. The van der Waals surface area contributed by atoms with E-state index in [2.05, 4.69) is 5.32 Å². The average Bonchev–Trinajstić information content (AvgIpc) is 2.92. The number of carbonyl (C=O) groups excluding carboxylic acids is 1. The van der Waals surface area contributed by atoms with Crippen LogP contribution in [-0.4, -0.2) is 44.1 Å². The molecule has 0 saturated carbocycles. The van der Waals surface area contributed by atoms with Gasteiger partial charge in [-0.2, -0.15) is 0 Å². The van der Waals surface area contributed by atoms with E-state index >= 15 is 0 Å². The van der Waals surface area contributed by atoms with Crippen molar-refractivity contribution in [2.24, 2.45) is 0 Å². The van der Waals surface area contributed by atoms with E-state index in [0.29, 0.717) is 17.2 Å². The highest BCUT2D eigenvalue weighted by atomic mass is 35.5. The number of hydrogen-bond acceptors (Lipinski definition) is 3. The van der Waals surface area contributed by atoms with Crippen LogP contribution in [0.5, 0.6) is 5.75 Å². The Hall–Kier alpha value is -1.26. The van der Waals surface area contributed by atoms with Crippen LogP contribution in [0.4, 0.5) is 0 Å². The van der Waals surface area contributed by atoms with Crippen LogP contribution in [0.25, 0.3) is 0 Å². The maximum Gasteiger partial charge on any atom is 0.227 e. The highest BCUT2D eigenvalue weighted by Gasteiger charge is 2.23. The summed E-state index contributed by atoms with van der Waals surface area (Å²) < 4.78 is 5.26. The number of amides is 1. The number of carbonyl (C=O) groups is 1. The molecule has 1 atom stereocenters. The van der Waals surface area contributed by atoms with Gasteiger partial charge in [0.1, 0.15) is 5.75 Å². The van der Waals surface area contributed by atoms with Gasteiger partial charge in [-0.15, -0.1) is 0 Å². The molecule has 0 aromatic heterocycles. The molecule has 5 heteroatoms. The SMILES string of the molecule is COc1ccc(Cl)cc1CC(=O)N(C)[C@@H]1CCNC1. The predicted molar refractivity (Wildman–Crippen MR) is 75.8 cm³/mol. The summed E-state index contributed by atoms with van der Waals surface area (Å²) >= 11 is 5.97. The normalized spacial score (nSPS) is 18.4. The third-order valence-corrected chi connectivity index (χ3v) is 3.79. The Kier molecular flexibility index (Phi) is 4.66. The van der Waals surface area contributed by atoms with Gasteiger partial charge >= 0.3 is 0 Å². The van der Waals surface area contributed by atoms with Crippen molar-refractivity contribution in [3.63, 3.8) is 0 Å². The van der Waals surface area contributed by atoms with Gasteiger partial charge in [0.25, 0.3) is 0 Å². The molecule has 1 N–H and O–H groups in total. The Morgan fingerprint density at radius 3 is 3.00 bits per heavy atom. The number of likely N-dealkylation sites (N-methyl/N-ethyl adjacent to an activating group) is 1. The van der Waals surface area contributed by atoms with E-state index in [4.69, 9.17) is 16.3 Å². The smallest absolute Gasteiger partial charge is 0.227 e. The van der Waals surface area contributed by atoms with Crippen molar-refractivity contribution in [3.05, 3.63) is 28.8 Å². The Balaban J connectivity index is 2.07. The van der Waals surface area contributed by atoms with Crippen molar-refractivity contribution in [3.8, 4) is 5.75 Å². The molecular weight excluding hydrogens is 264 g/mol. The molecule has 1 heterocycles. The third-order valence-electron chi connectivity index (χ3n) is 3.56. The van der Waals surface area contributed by atoms with E-state index < -0.39 is 0 Å². The lowest BCUT2D eigenvalue weighted by molar-refractivity contribution is -0.130. The van der Waals surface area contributed by atoms with E-state index in [0.717, 1.165) is 25.1 Å². The molecule has 0 unspecified atom stereocenters. The minimum Gasteiger partial charge on any atom is -0.496 e. The quantitative estimate of drug-likeness (QED) is 0.914. The van der Waals surface area contributed by atoms with Gasteiger partial charge in [-0.05, 0) is 31.2 Å². The zero-order chi connectivity index (χ0) is 13.8. The number of rotatable bonds is 4. The van der Waals surface area contributed by atoms with Crippen molar-refractivity contribution >= 4 is 17.5 Å². The summed E-state index contributed by atoms with van der Waals surface area (Å²) in [5.74, 6) is 0.796. The van der Waals surface area contributed by atoms with Crippen molar-refractivity contribution < 1.29 is 9.53 Å². The fourth-order valence-electron chi connectivity index (χ4n) is 2.35.